The van der Waals surface area contributed by atoms with Gasteiger partial charge >= 0.3 is 0 Å². The van der Waals surface area contributed by atoms with E-state index in [4.69, 9.17) is 0 Å². The lowest BCUT2D eigenvalue weighted by Crippen LogP contribution is -2.41. The zero-order valence-corrected chi connectivity index (χ0v) is 21.4. The monoisotopic (exact) mass is 501 g/mol. The number of aromatic nitrogens is 3. The Labute approximate surface area is 215 Å². The van der Waals surface area contributed by atoms with E-state index in [9.17, 15) is 20.0 Å². The smallest absolute Gasteiger partial charge is 0.270 e. The van der Waals surface area contributed by atoms with Crippen LogP contribution < -0.4 is 10.9 Å². The van der Waals surface area contributed by atoms with E-state index in [1.165, 1.54) is 10.6 Å². The number of pyridine rings is 1. The molecule has 0 spiro atoms. The molecule has 192 valence electrons. The molecule has 1 aromatic carbocycles. The Balaban J connectivity index is 1.47. The topological polar surface area (TPSA) is 127 Å². The average Bonchev–Trinajstić information content (AvgIpc) is 3.21. The Bertz CT molecular complexity index is 1470. The van der Waals surface area contributed by atoms with Gasteiger partial charge in [0.05, 0.1) is 11.6 Å². The summed E-state index contributed by atoms with van der Waals surface area (Å²) >= 11 is 0. The SMILES string of the molecule is CN(C)CCN1CCc2cc(Nc3ncc4cc(C#N)c(=O)n(C5CCCC5(C)O)c4n3)ccc2C1=O. The van der Waals surface area contributed by atoms with Gasteiger partial charge in [-0.2, -0.15) is 10.2 Å². The van der Waals surface area contributed by atoms with Crippen molar-refractivity contribution in [2.24, 2.45) is 0 Å². The van der Waals surface area contributed by atoms with Crippen LogP contribution in [0.25, 0.3) is 11.0 Å². The van der Waals surface area contributed by atoms with Crippen LogP contribution in [0.5, 0.6) is 0 Å². The predicted molar refractivity (Wildman–Crippen MR) is 140 cm³/mol. The number of hydrogen-bond acceptors (Lipinski definition) is 8. The first-order valence-electron chi connectivity index (χ1n) is 12.6. The number of carbonyl (C=O) groups is 1. The van der Waals surface area contributed by atoms with E-state index in [2.05, 4.69) is 20.2 Å². The minimum absolute atomic E-state index is 0.00140. The van der Waals surface area contributed by atoms with Crippen molar-refractivity contribution in [1.29, 1.82) is 5.26 Å². The number of fused-ring (bicyclic) bond motifs is 2. The molecule has 2 aliphatic rings. The van der Waals surface area contributed by atoms with Crippen LogP contribution in [0, 0.1) is 11.3 Å². The van der Waals surface area contributed by atoms with Crippen molar-refractivity contribution in [3.63, 3.8) is 0 Å². The molecule has 1 aliphatic heterocycles. The molecule has 10 nitrogen and oxygen atoms in total. The third-order valence-electron chi connectivity index (χ3n) is 7.43. The van der Waals surface area contributed by atoms with Crippen molar-refractivity contribution >= 4 is 28.6 Å². The highest BCUT2D eigenvalue weighted by Crippen LogP contribution is 2.39. The van der Waals surface area contributed by atoms with Crippen LogP contribution in [-0.2, 0) is 6.42 Å². The molecule has 2 N–H and O–H groups in total. The predicted octanol–water partition coefficient (Wildman–Crippen LogP) is 2.44. The van der Waals surface area contributed by atoms with E-state index in [0.29, 0.717) is 42.5 Å². The van der Waals surface area contributed by atoms with Crippen LogP contribution in [-0.4, -0.2) is 74.7 Å². The quantitative estimate of drug-likeness (QED) is 0.527. The molecular weight excluding hydrogens is 470 g/mol. The molecule has 1 aliphatic carbocycles. The molecule has 3 heterocycles. The molecule has 1 amide bonds. The maximum absolute atomic E-state index is 13.2. The standard InChI is InChI=1S/C27H31N7O3/c1-27(37)9-4-5-22(27)34-23-19(13-18(15-28)24(34)35)16-29-26(31-23)30-20-6-7-21-17(14-20)8-10-33(25(21)36)12-11-32(2)3/h6-7,13-14,16,22,37H,4-5,8-12H2,1-3H3,(H,29,30,31). The fraction of sp³-hybridized carbons (Fsp3) is 0.444. The maximum Gasteiger partial charge on any atom is 0.270 e. The molecule has 37 heavy (non-hydrogen) atoms. The molecule has 2 atom stereocenters. The summed E-state index contributed by atoms with van der Waals surface area (Å²) in [6.07, 6.45) is 4.30. The summed E-state index contributed by atoms with van der Waals surface area (Å²) in [5.41, 5.74) is 1.25. The van der Waals surface area contributed by atoms with Crippen LogP contribution in [0.4, 0.5) is 11.6 Å². The number of nitriles is 1. The van der Waals surface area contributed by atoms with Crippen LogP contribution in [0.15, 0.2) is 35.3 Å². The van der Waals surface area contributed by atoms with E-state index in [0.717, 1.165) is 30.6 Å². The normalized spacial score (nSPS) is 21.4. The fourth-order valence-corrected chi connectivity index (χ4v) is 5.37. The molecular formula is C27H31N7O3. The number of nitrogens with zero attached hydrogens (tertiary/aromatic N) is 6. The van der Waals surface area contributed by atoms with Crippen LogP contribution >= 0.6 is 0 Å². The fourth-order valence-electron chi connectivity index (χ4n) is 5.37. The number of likely N-dealkylation sites (N-methyl/N-ethyl adjacent to an activating group) is 1. The molecule has 2 unspecified atom stereocenters. The molecule has 1 fully saturated rings. The summed E-state index contributed by atoms with van der Waals surface area (Å²) in [6.45, 7) is 3.90. The number of anilines is 2. The van der Waals surface area contributed by atoms with E-state index in [1.807, 2.05) is 43.3 Å². The highest BCUT2D eigenvalue weighted by molar-refractivity contribution is 5.97. The van der Waals surface area contributed by atoms with Gasteiger partial charge in [-0.05, 0) is 76.5 Å². The second-order valence-electron chi connectivity index (χ2n) is 10.4. The molecule has 5 rings (SSSR count). The molecule has 1 saturated carbocycles. The van der Waals surface area contributed by atoms with E-state index in [1.54, 1.807) is 13.1 Å². The van der Waals surface area contributed by atoms with Gasteiger partial charge in [0, 0.05) is 42.5 Å². The Morgan fingerprint density at radius 1 is 1.30 bits per heavy atom. The van der Waals surface area contributed by atoms with Gasteiger partial charge in [-0.15, -0.1) is 0 Å². The molecule has 10 heteroatoms. The first-order chi connectivity index (χ1) is 17.7. The van der Waals surface area contributed by atoms with Crippen molar-refractivity contribution in [3.05, 3.63) is 57.5 Å². The van der Waals surface area contributed by atoms with Gasteiger partial charge in [-0.3, -0.25) is 14.2 Å². The zero-order chi connectivity index (χ0) is 26.3. The zero-order valence-electron chi connectivity index (χ0n) is 21.4. The van der Waals surface area contributed by atoms with Crippen molar-refractivity contribution in [2.75, 3.05) is 39.0 Å². The summed E-state index contributed by atoms with van der Waals surface area (Å²) in [5.74, 6) is 0.329. The number of hydrogen-bond donors (Lipinski definition) is 2. The Kier molecular flexibility index (Phi) is 6.43. The molecule has 0 saturated heterocycles. The Morgan fingerprint density at radius 3 is 2.81 bits per heavy atom. The first kappa shape index (κ1) is 24.9. The number of nitrogens with one attached hydrogen (secondary N) is 1. The second-order valence-corrected chi connectivity index (χ2v) is 10.4. The lowest BCUT2D eigenvalue weighted by atomic mass is 9.98. The van der Waals surface area contributed by atoms with Gasteiger partial charge in [-0.1, -0.05) is 0 Å². The lowest BCUT2D eigenvalue weighted by molar-refractivity contribution is 0.0266. The highest BCUT2D eigenvalue weighted by Gasteiger charge is 2.40. The van der Waals surface area contributed by atoms with Crippen LogP contribution in [0.1, 0.15) is 53.7 Å². The second kappa shape index (κ2) is 9.57. The van der Waals surface area contributed by atoms with Gasteiger partial charge in [0.2, 0.25) is 5.95 Å². The van der Waals surface area contributed by atoms with Crippen LogP contribution in [0.3, 0.4) is 0 Å². The Morgan fingerprint density at radius 2 is 2.11 bits per heavy atom. The highest BCUT2D eigenvalue weighted by atomic mass is 16.3. The van der Waals surface area contributed by atoms with E-state index < -0.39 is 17.2 Å². The largest absolute Gasteiger partial charge is 0.388 e. The summed E-state index contributed by atoms with van der Waals surface area (Å²) in [5, 5.41) is 24.2. The Hall–Kier alpha value is -3.81. The molecule has 3 aromatic rings. The van der Waals surface area contributed by atoms with E-state index >= 15 is 0 Å². The van der Waals surface area contributed by atoms with Crippen molar-refractivity contribution in [3.8, 4) is 6.07 Å². The molecule has 2 aromatic heterocycles. The minimum Gasteiger partial charge on any atom is -0.388 e. The van der Waals surface area contributed by atoms with Gasteiger partial charge in [0.1, 0.15) is 17.3 Å². The van der Waals surface area contributed by atoms with Crippen molar-refractivity contribution in [2.45, 2.75) is 44.2 Å². The average molecular weight is 502 g/mol. The molecule has 0 bridgehead atoms. The maximum atomic E-state index is 13.2. The third-order valence-corrected chi connectivity index (χ3v) is 7.43. The van der Waals surface area contributed by atoms with E-state index in [-0.39, 0.29) is 17.4 Å². The van der Waals surface area contributed by atoms with Crippen molar-refractivity contribution in [1.82, 2.24) is 24.3 Å². The lowest BCUT2D eigenvalue weighted by Gasteiger charge is -2.30. The van der Waals surface area contributed by atoms with Crippen LogP contribution in [0.2, 0.25) is 0 Å². The summed E-state index contributed by atoms with van der Waals surface area (Å²) < 4.78 is 1.46. The van der Waals surface area contributed by atoms with Gasteiger partial charge in [0.25, 0.3) is 11.5 Å². The third kappa shape index (κ3) is 4.68. The first-order valence-corrected chi connectivity index (χ1v) is 12.6. The molecule has 0 radical (unpaired) electrons. The minimum atomic E-state index is -1.07. The van der Waals surface area contributed by atoms with Crippen molar-refractivity contribution < 1.29 is 9.90 Å². The number of rotatable bonds is 6. The summed E-state index contributed by atoms with van der Waals surface area (Å²) in [4.78, 5) is 39.1. The number of carbonyl (C=O) groups excluding carboxylic acids is 1. The summed E-state index contributed by atoms with van der Waals surface area (Å²) in [6, 6.07) is 8.57. The summed E-state index contributed by atoms with van der Waals surface area (Å²) in [7, 11) is 3.99. The number of aliphatic hydroxyl groups is 1. The number of benzene rings is 1. The van der Waals surface area contributed by atoms with Gasteiger partial charge in [0.15, 0.2) is 0 Å². The number of amides is 1. The van der Waals surface area contributed by atoms with Gasteiger partial charge < -0.3 is 20.2 Å². The van der Waals surface area contributed by atoms with Gasteiger partial charge in [-0.25, -0.2) is 4.98 Å².